The van der Waals surface area contributed by atoms with Gasteiger partial charge in [-0.3, -0.25) is 0 Å². The van der Waals surface area contributed by atoms with Crippen molar-refractivity contribution in [2.75, 3.05) is 0 Å². The topological polar surface area (TPSA) is 36.7 Å². The van der Waals surface area contributed by atoms with E-state index in [1.165, 1.54) is 63.6 Å². The number of thiophene rings is 1. The third-order valence-corrected chi connectivity index (χ3v) is 12.1. The van der Waals surface area contributed by atoms with Gasteiger partial charge in [0.15, 0.2) is 0 Å². The van der Waals surface area contributed by atoms with Crippen molar-refractivity contribution in [3.63, 3.8) is 0 Å². The van der Waals surface area contributed by atoms with Gasteiger partial charge in [0.25, 0.3) is 0 Å². The Morgan fingerprint density at radius 1 is 0.434 bits per heavy atom. The molecule has 0 atom stereocenters. The van der Waals surface area contributed by atoms with Crippen LogP contribution in [0.3, 0.4) is 0 Å². The Morgan fingerprint density at radius 2 is 1.02 bits per heavy atom. The minimum absolute atomic E-state index is 0.688. The molecule has 2 heterocycles. The maximum absolute atomic E-state index is 9.95. The van der Waals surface area contributed by atoms with Crippen LogP contribution in [0.15, 0.2) is 170 Å². The van der Waals surface area contributed by atoms with Crippen LogP contribution in [-0.4, -0.2) is 4.98 Å². The molecule has 3 heteroatoms. The van der Waals surface area contributed by atoms with Gasteiger partial charge >= 0.3 is 0 Å². The third kappa shape index (κ3) is 4.40. The Bertz CT molecular complexity index is 3290. The minimum atomic E-state index is 0.688. The monoisotopic (exact) mass is 688 g/mol. The molecule has 0 N–H and O–H groups in total. The molecule has 0 radical (unpaired) electrons. The van der Waals surface area contributed by atoms with E-state index in [9.17, 15) is 5.26 Å². The van der Waals surface area contributed by atoms with Crippen molar-refractivity contribution >= 4 is 85.5 Å². The van der Waals surface area contributed by atoms with Crippen molar-refractivity contribution in [2.24, 2.45) is 0 Å². The lowest BCUT2D eigenvalue weighted by Crippen LogP contribution is -1.94. The predicted molar refractivity (Wildman–Crippen MR) is 226 cm³/mol. The molecular formula is C50H28N2S. The molecule has 0 bridgehead atoms. The van der Waals surface area contributed by atoms with Crippen LogP contribution in [0.2, 0.25) is 0 Å². The lowest BCUT2D eigenvalue weighted by atomic mass is 9.84. The average molecular weight is 689 g/mol. The highest BCUT2D eigenvalue weighted by Crippen LogP contribution is 2.48. The average Bonchev–Trinajstić information content (AvgIpc) is 3.61. The zero-order valence-corrected chi connectivity index (χ0v) is 29.3. The quantitative estimate of drug-likeness (QED) is 0.137. The number of hydrogen-bond donors (Lipinski definition) is 0. The second-order valence-electron chi connectivity index (χ2n) is 13.7. The lowest BCUT2D eigenvalue weighted by Gasteiger charge is -2.19. The fourth-order valence-electron chi connectivity index (χ4n) is 8.59. The first-order valence-electron chi connectivity index (χ1n) is 17.9. The molecule has 9 aromatic carbocycles. The first-order valence-corrected chi connectivity index (χ1v) is 18.7. The number of aromatic nitrogens is 1. The zero-order valence-electron chi connectivity index (χ0n) is 28.5. The molecule has 0 fully saturated rings. The Morgan fingerprint density at radius 3 is 1.74 bits per heavy atom. The fourth-order valence-corrected chi connectivity index (χ4v) is 9.85. The summed E-state index contributed by atoms with van der Waals surface area (Å²) in [5.74, 6) is 0. The minimum Gasteiger partial charge on any atom is -0.247 e. The summed E-state index contributed by atoms with van der Waals surface area (Å²) in [4.78, 5) is 5.47. The van der Waals surface area contributed by atoms with Gasteiger partial charge in [-0.15, -0.1) is 11.3 Å². The Labute approximate surface area is 309 Å². The van der Waals surface area contributed by atoms with Crippen LogP contribution in [0.25, 0.3) is 108 Å². The summed E-state index contributed by atoms with van der Waals surface area (Å²) in [6.45, 7) is 0. The van der Waals surface area contributed by atoms with Gasteiger partial charge in [-0.05, 0) is 67.4 Å². The summed E-state index contributed by atoms with van der Waals surface area (Å²) in [5, 5.41) is 22.9. The van der Waals surface area contributed by atoms with E-state index in [0.29, 0.717) is 5.56 Å². The van der Waals surface area contributed by atoms with Crippen LogP contribution < -0.4 is 0 Å². The molecule has 0 saturated heterocycles. The molecule has 11 rings (SSSR count). The molecule has 0 aliphatic carbocycles. The van der Waals surface area contributed by atoms with Gasteiger partial charge in [-0.1, -0.05) is 152 Å². The van der Waals surface area contributed by atoms with Crippen molar-refractivity contribution in [3.05, 3.63) is 175 Å². The van der Waals surface area contributed by atoms with E-state index in [4.69, 9.17) is 4.98 Å². The first-order chi connectivity index (χ1) is 26.3. The summed E-state index contributed by atoms with van der Waals surface area (Å²) in [5.41, 5.74) is 8.43. The zero-order chi connectivity index (χ0) is 35.0. The van der Waals surface area contributed by atoms with Gasteiger partial charge < -0.3 is 0 Å². The molecule has 53 heavy (non-hydrogen) atoms. The smallest absolute Gasteiger partial charge is 0.0998 e. The van der Waals surface area contributed by atoms with Crippen molar-refractivity contribution in [1.29, 1.82) is 5.26 Å². The molecule has 0 unspecified atom stereocenters. The Balaban J connectivity index is 1.24. The summed E-state index contributed by atoms with van der Waals surface area (Å²) in [7, 11) is 0. The van der Waals surface area contributed by atoms with Crippen LogP contribution in [0.4, 0.5) is 0 Å². The van der Waals surface area contributed by atoms with E-state index in [2.05, 4.69) is 164 Å². The van der Waals surface area contributed by atoms with Crippen LogP contribution >= 0.6 is 11.3 Å². The number of pyridine rings is 1. The molecular weight excluding hydrogens is 661 g/mol. The third-order valence-electron chi connectivity index (χ3n) is 10.9. The van der Waals surface area contributed by atoms with Gasteiger partial charge in [0, 0.05) is 47.3 Å². The Kier molecular flexibility index (Phi) is 6.52. The van der Waals surface area contributed by atoms with Crippen molar-refractivity contribution in [2.45, 2.75) is 0 Å². The predicted octanol–water partition coefficient (Wildman–Crippen LogP) is 14.1. The molecule has 0 aliphatic rings. The highest BCUT2D eigenvalue weighted by atomic mass is 32.1. The van der Waals surface area contributed by atoms with Gasteiger partial charge in [0.05, 0.1) is 22.8 Å². The fraction of sp³-hybridized carbons (Fsp3) is 0. The number of hydrogen-bond acceptors (Lipinski definition) is 3. The molecule has 11 aromatic rings. The maximum atomic E-state index is 9.95. The molecule has 0 spiro atoms. The lowest BCUT2D eigenvalue weighted by molar-refractivity contribution is 1.43. The van der Waals surface area contributed by atoms with Crippen LogP contribution in [0.1, 0.15) is 5.56 Å². The van der Waals surface area contributed by atoms with E-state index >= 15 is 0 Å². The standard InChI is InChI=1S/C50H28N2S/c51-29-32-23-24-40(34-15-5-4-14-33(32)34)47-38-19-8-6-17-36(38)46(37-18-7-9-20-39(37)47)31-22-25-42-44(28-31)52-49(30-12-2-1-3-13-30)43-27-26-41-35-16-10-11-21-45(35)53-50(41)48(42)43/h1-28H. The maximum Gasteiger partial charge on any atom is 0.0998 e. The summed E-state index contributed by atoms with van der Waals surface area (Å²) in [6, 6.07) is 63.0. The summed E-state index contributed by atoms with van der Waals surface area (Å²) in [6.07, 6.45) is 0. The highest BCUT2D eigenvalue weighted by molar-refractivity contribution is 7.26. The normalized spacial score (nSPS) is 11.8. The number of fused-ring (bicyclic) bond motifs is 10. The van der Waals surface area contributed by atoms with Gasteiger partial charge in [0.2, 0.25) is 0 Å². The highest BCUT2D eigenvalue weighted by Gasteiger charge is 2.21. The van der Waals surface area contributed by atoms with Crippen molar-refractivity contribution in [1.82, 2.24) is 4.98 Å². The Hall–Kier alpha value is -6.86. The van der Waals surface area contributed by atoms with Gasteiger partial charge in [-0.25, -0.2) is 4.98 Å². The number of nitriles is 1. The first kappa shape index (κ1) is 29.8. The molecule has 244 valence electrons. The molecule has 2 nitrogen and oxygen atoms in total. The molecule has 0 aliphatic heterocycles. The van der Waals surface area contributed by atoms with E-state index < -0.39 is 0 Å². The van der Waals surface area contributed by atoms with E-state index in [-0.39, 0.29) is 0 Å². The van der Waals surface area contributed by atoms with Gasteiger partial charge in [-0.2, -0.15) is 5.26 Å². The van der Waals surface area contributed by atoms with Gasteiger partial charge in [0.1, 0.15) is 0 Å². The van der Waals surface area contributed by atoms with Crippen LogP contribution in [0.5, 0.6) is 0 Å². The van der Waals surface area contributed by atoms with Crippen LogP contribution in [0, 0.1) is 11.3 Å². The second kappa shape index (κ2) is 11.6. The largest absolute Gasteiger partial charge is 0.247 e. The number of nitrogens with zero attached hydrogens (tertiary/aromatic N) is 2. The summed E-state index contributed by atoms with van der Waals surface area (Å²) >= 11 is 1.87. The van der Waals surface area contributed by atoms with E-state index in [1.54, 1.807) is 0 Å². The SMILES string of the molecule is N#Cc1ccc(-c2c3ccccc3c(-c3ccc4c(c3)nc(-c3ccccc3)c3ccc5c6ccccc6sc5c34)c3ccccc23)c2ccccc12. The number of benzene rings is 9. The molecule has 0 amide bonds. The van der Waals surface area contributed by atoms with E-state index in [0.717, 1.165) is 44.1 Å². The second-order valence-corrected chi connectivity index (χ2v) is 14.7. The van der Waals surface area contributed by atoms with Crippen molar-refractivity contribution in [3.8, 4) is 39.6 Å². The number of rotatable bonds is 3. The molecule has 0 saturated carbocycles. The molecule has 2 aromatic heterocycles. The van der Waals surface area contributed by atoms with E-state index in [1.807, 2.05) is 23.5 Å². The summed E-state index contributed by atoms with van der Waals surface area (Å²) < 4.78 is 2.60. The van der Waals surface area contributed by atoms with Crippen LogP contribution in [-0.2, 0) is 0 Å². The van der Waals surface area contributed by atoms with Crippen molar-refractivity contribution < 1.29 is 0 Å².